The first-order chi connectivity index (χ1) is 15.2. The van der Waals surface area contributed by atoms with Gasteiger partial charge >= 0.3 is 0 Å². The van der Waals surface area contributed by atoms with Crippen LogP contribution in [0.5, 0.6) is 11.5 Å². The summed E-state index contributed by atoms with van der Waals surface area (Å²) in [5.41, 5.74) is 4.72. The number of hydrogen-bond donors (Lipinski definition) is 1. The highest BCUT2D eigenvalue weighted by molar-refractivity contribution is 5.44. The fourth-order valence-electron chi connectivity index (χ4n) is 3.75. The van der Waals surface area contributed by atoms with Crippen molar-refractivity contribution >= 4 is 0 Å². The number of rotatable bonds is 10. The van der Waals surface area contributed by atoms with Crippen LogP contribution in [0.4, 0.5) is 0 Å². The summed E-state index contributed by atoms with van der Waals surface area (Å²) < 4.78 is 16.7. The molecule has 1 aliphatic rings. The first-order valence-corrected chi connectivity index (χ1v) is 10.6. The van der Waals surface area contributed by atoms with Crippen LogP contribution in [0.15, 0.2) is 72.8 Å². The third-order valence-corrected chi connectivity index (χ3v) is 5.39. The van der Waals surface area contributed by atoms with Crippen molar-refractivity contribution < 1.29 is 19.3 Å². The van der Waals surface area contributed by atoms with E-state index in [0.29, 0.717) is 26.3 Å². The van der Waals surface area contributed by atoms with Crippen LogP contribution in [-0.2, 0) is 24.4 Å². The largest absolute Gasteiger partial charge is 0.454 e. The fraction of sp³-hybridized carbons (Fsp3) is 0.308. The second kappa shape index (κ2) is 10.4. The van der Waals surface area contributed by atoms with Crippen LogP contribution in [0.1, 0.15) is 22.3 Å². The van der Waals surface area contributed by atoms with Crippen molar-refractivity contribution in [1.82, 2.24) is 4.90 Å². The van der Waals surface area contributed by atoms with E-state index in [1.54, 1.807) is 0 Å². The monoisotopic (exact) mass is 419 g/mol. The van der Waals surface area contributed by atoms with Crippen molar-refractivity contribution in [3.8, 4) is 11.5 Å². The summed E-state index contributed by atoms with van der Waals surface area (Å²) in [6.45, 7) is 5.13. The Bertz CT molecular complexity index is 976. The van der Waals surface area contributed by atoms with E-state index in [9.17, 15) is 5.11 Å². The third kappa shape index (κ3) is 6.07. The number of hydrogen-bond acceptors (Lipinski definition) is 5. The molecular formula is C26H29NO4. The van der Waals surface area contributed by atoms with Crippen molar-refractivity contribution in [2.24, 2.45) is 0 Å². The zero-order chi connectivity index (χ0) is 21.5. The highest BCUT2D eigenvalue weighted by Crippen LogP contribution is 2.33. The van der Waals surface area contributed by atoms with Crippen LogP contribution in [-0.4, -0.2) is 36.1 Å². The second-order valence-corrected chi connectivity index (χ2v) is 7.94. The van der Waals surface area contributed by atoms with E-state index < -0.39 is 6.10 Å². The first kappa shape index (κ1) is 21.4. The van der Waals surface area contributed by atoms with E-state index in [0.717, 1.165) is 29.2 Å². The molecule has 1 atom stereocenters. The number of ether oxygens (including phenoxy) is 3. The maximum atomic E-state index is 10.7. The molecule has 1 aliphatic heterocycles. The number of fused-ring (bicyclic) bond motifs is 1. The summed E-state index contributed by atoms with van der Waals surface area (Å²) in [5.74, 6) is 1.56. The van der Waals surface area contributed by atoms with Crippen LogP contribution in [0, 0.1) is 6.92 Å². The lowest BCUT2D eigenvalue weighted by atomic mass is 10.1. The average Bonchev–Trinajstić information content (AvgIpc) is 3.24. The Morgan fingerprint density at radius 3 is 2.52 bits per heavy atom. The van der Waals surface area contributed by atoms with Gasteiger partial charge in [-0.1, -0.05) is 60.7 Å². The predicted octanol–water partition coefficient (Wildman–Crippen LogP) is 4.30. The molecule has 0 aliphatic carbocycles. The maximum absolute atomic E-state index is 10.7. The highest BCUT2D eigenvalue weighted by Gasteiger charge is 2.17. The zero-order valence-corrected chi connectivity index (χ0v) is 17.9. The minimum atomic E-state index is -0.582. The molecule has 5 heteroatoms. The molecular weight excluding hydrogens is 390 g/mol. The van der Waals surface area contributed by atoms with E-state index in [2.05, 4.69) is 36.1 Å². The van der Waals surface area contributed by atoms with Crippen molar-refractivity contribution in [2.45, 2.75) is 32.7 Å². The molecule has 0 saturated carbocycles. The van der Waals surface area contributed by atoms with Gasteiger partial charge in [0.15, 0.2) is 11.5 Å². The van der Waals surface area contributed by atoms with Gasteiger partial charge in [0, 0.05) is 19.6 Å². The van der Waals surface area contributed by atoms with Crippen LogP contribution in [0.2, 0.25) is 0 Å². The first-order valence-electron chi connectivity index (χ1n) is 10.6. The standard InChI is InChI=1S/C26H29NO4/c1-20-7-5-6-10-23(20)15-27(14-22-11-12-25-26(13-22)31-19-30-25)16-24(28)18-29-17-21-8-3-2-4-9-21/h2-13,24,28H,14-19H2,1H3/t24-/m0/s1. The van der Waals surface area contributed by atoms with E-state index in [4.69, 9.17) is 14.2 Å². The van der Waals surface area contributed by atoms with Gasteiger partial charge in [-0.25, -0.2) is 0 Å². The Morgan fingerprint density at radius 2 is 1.68 bits per heavy atom. The molecule has 162 valence electrons. The molecule has 31 heavy (non-hydrogen) atoms. The second-order valence-electron chi connectivity index (χ2n) is 7.94. The molecule has 0 amide bonds. The smallest absolute Gasteiger partial charge is 0.231 e. The molecule has 3 aromatic carbocycles. The molecule has 3 aromatic rings. The Hall–Kier alpha value is -2.86. The number of aliphatic hydroxyl groups excluding tert-OH is 1. The Morgan fingerprint density at radius 1 is 0.903 bits per heavy atom. The lowest BCUT2D eigenvalue weighted by molar-refractivity contribution is 0.00709. The molecule has 0 spiro atoms. The molecule has 5 nitrogen and oxygen atoms in total. The summed E-state index contributed by atoms with van der Waals surface area (Å²) >= 11 is 0. The summed E-state index contributed by atoms with van der Waals surface area (Å²) in [4.78, 5) is 2.25. The van der Waals surface area contributed by atoms with Crippen LogP contribution in [0.3, 0.4) is 0 Å². The van der Waals surface area contributed by atoms with Crippen molar-refractivity contribution in [3.05, 3.63) is 95.1 Å². The Kier molecular flexibility index (Phi) is 7.20. The molecule has 0 saturated heterocycles. The lowest BCUT2D eigenvalue weighted by Gasteiger charge is -2.26. The molecule has 0 aromatic heterocycles. The van der Waals surface area contributed by atoms with Crippen molar-refractivity contribution in [3.63, 3.8) is 0 Å². The normalized spacial score (nSPS) is 13.5. The Balaban J connectivity index is 1.39. The summed E-state index contributed by atoms with van der Waals surface area (Å²) in [6, 6.07) is 24.4. The van der Waals surface area contributed by atoms with Gasteiger partial charge < -0.3 is 19.3 Å². The van der Waals surface area contributed by atoms with Gasteiger partial charge in [0.1, 0.15) is 0 Å². The molecule has 0 radical (unpaired) electrons. The SMILES string of the molecule is Cc1ccccc1CN(Cc1ccc2c(c1)OCO2)C[C@H](O)COCc1ccccc1. The minimum Gasteiger partial charge on any atom is -0.454 e. The summed E-state index contributed by atoms with van der Waals surface area (Å²) in [5, 5.41) is 10.7. The topological polar surface area (TPSA) is 51.2 Å². The van der Waals surface area contributed by atoms with E-state index in [1.807, 2.05) is 48.5 Å². The molecule has 0 fully saturated rings. The highest BCUT2D eigenvalue weighted by atomic mass is 16.7. The molecule has 4 rings (SSSR count). The molecule has 0 bridgehead atoms. The maximum Gasteiger partial charge on any atom is 0.231 e. The molecule has 1 heterocycles. The number of benzene rings is 3. The van der Waals surface area contributed by atoms with E-state index in [-0.39, 0.29) is 6.79 Å². The van der Waals surface area contributed by atoms with Gasteiger partial charge in [-0.15, -0.1) is 0 Å². The number of aliphatic hydroxyl groups is 1. The van der Waals surface area contributed by atoms with Crippen molar-refractivity contribution in [2.75, 3.05) is 19.9 Å². The molecule has 0 unspecified atom stereocenters. The quantitative estimate of drug-likeness (QED) is 0.531. The van der Waals surface area contributed by atoms with Gasteiger partial charge in [-0.3, -0.25) is 4.90 Å². The predicted molar refractivity (Wildman–Crippen MR) is 120 cm³/mol. The Labute approximate surface area is 183 Å². The van der Waals surface area contributed by atoms with Gasteiger partial charge in [0.25, 0.3) is 0 Å². The van der Waals surface area contributed by atoms with Crippen LogP contribution >= 0.6 is 0 Å². The summed E-state index contributed by atoms with van der Waals surface area (Å²) in [6.07, 6.45) is -0.582. The minimum absolute atomic E-state index is 0.267. The number of aryl methyl sites for hydroxylation is 1. The van der Waals surface area contributed by atoms with E-state index >= 15 is 0 Å². The van der Waals surface area contributed by atoms with Gasteiger partial charge in [0.05, 0.1) is 19.3 Å². The van der Waals surface area contributed by atoms with Crippen LogP contribution in [0.25, 0.3) is 0 Å². The fourth-order valence-corrected chi connectivity index (χ4v) is 3.75. The van der Waals surface area contributed by atoms with Crippen LogP contribution < -0.4 is 9.47 Å². The van der Waals surface area contributed by atoms with Gasteiger partial charge in [0.2, 0.25) is 6.79 Å². The summed E-state index contributed by atoms with van der Waals surface area (Å²) in [7, 11) is 0. The van der Waals surface area contributed by atoms with Crippen molar-refractivity contribution in [1.29, 1.82) is 0 Å². The van der Waals surface area contributed by atoms with Gasteiger partial charge in [-0.2, -0.15) is 0 Å². The average molecular weight is 420 g/mol. The van der Waals surface area contributed by atoms with E-state index in [1.165, 1.54) is 11.1 Å². The van der Waals surface area contributed by atoms with Gasteiger partial charge in [-0.05, 0) is 41.3 Å². The number of nitrogens with zero attached hydrogens (tertiary/aromatic N) is 1. The third-order valence-electron chi connectivity index (χ3n) is 5.39. The lowest BCUT2D eigenvalue weighted by Crippen LogP contribution is -2.34. The zero-order valence-electron chi connectivity index (χ0n) is 17.9. The molecule has 1 N–H and O–H groups in total.